The Morgan fingerprint density at radius 3 is 1.30 bits per heavy atom. The minimum Gasteiger partial charge on any atom is -0.507 e. The van der Waals surface area contributed by atoms with Crippen molar-refractivity contribution >= 4 is 0 Å². The number of hydrogen-bond acceptors (Lipinski definition) is 2. The molecule has 0 saturated carbocycles. The number of phenols is 2. The van der Waals surface area contributed by atoms with Gasteiger partial charge in [-0.2, -0.15) is 0 Å². The summed E-state index contributed by atoms with van der Waals surface area (Å²) < 4.78 is 0. The Morgan fingerprint density at radius 2 is 1.00 bits per heavy atom. The minimum absolute atomic E-state index is 0.116. The molecule has 0 bridgehead atoms. The molecule has 2 heteroatoms. The van der Waals surface area contributed by atoms with Gasteiger partial charge in [0.15, 0.2) is 0 Å². The smallest absolute Gasteiger partial charge is 0.122 e. The Balaban J connectivity index is 2.46. The Morgan fingerprint density at radius 1 is 0.652 bits per heavy atom. The van der Waals surface area contributed by atoms with Crippen molar-refractivity contribution in [3.05, 3.63) is 58.7 Å². The van der Waals surface area contributed by atoms with Gasteiger partial charge in [-0.15, -0.1) is 0 Å². The molecule has 0 aliphatic rings. The van der Waals surface area contributed by atoms with Gasteiger partial charge in [-0.05, 0) is 33.1 Å². The highest BCUT2D eigenvalue weighted by molar-refractivity contribution is 5.50. The van der Waals surface area contributed by atoms with Crippen LogP contribution < -0.4 is 0 Å². The van der Waals surface area contributed by atoms with Crippen LogP contribution in [0.25, 0.3) is 0 Å². The van der Waals surface area contributed by atoms with Crippen molar-refractivity contribution < 1.29 is 10.2 Å². The van der Waals surface area contributed by atoms with Crippen molar-refractivity contribution in [3.8, 4) is 11.5 Å². The number of para-hydroxylation sites is 2. The van der Waals surface area contributed by atoms with Crippen molar-refractivity contribution in [1.29, 1.82) is 0 Å². The molecule has 2 rings (SSSR count). The zero-order valence-corrected chi connectivity index (χ0v) is 15.1. The molecule has 0 amide bonds. The predicted octanol–water partition coefficient (Wildman–Crippen LogP) is 5.28. The second kappa shape index (κ2) is 5.92. The lowest BCUT2D eigenvalue weighted by Gasteiger charge is -2.23. The van der Waals surface area contributed by atoms with E-state index < -0.39 is 0 Å². The molecule has 2 aromatic carbocycles. The first kappa shape index (κ1) is 17.4. The highest BCUT2D eigenvalue weighted by atomic mass is 16.3. The standard InChI is InChI=1S/C21H28O2/c1-20(2,3)16-11-7-9-14(18(16)22)13-15-10-8-12-17(19(15)23)21(4,5)6/h7-12,22-23H,13H2,1-6H3. The van der Waals surface area contributed by atoms with Crippen molar-refractivity contribution in [3.63, 3.8) is 0 Å². The molecular formula is C21H28O2. The third-order valence-corrected chi connectivity index (χ3v) is 4.24. The zero-order valence-electron chi connectivity index (χ0n) is 15.1. The van der Waals surface area contributed by atoms with Crippen molar-refractivity contribution in [2.24, 2.45) is 0 Å². The molecule has 0 fully saturated rings. The lowest BCUT2D eigenvalue weighted by molar-refractivity contribution is 0.435. The monoisotopic (exact) mass is 312 g/mol. The summed E-state index contributed by atoms with van der Waals surface area (Å²) in [4.78, 5) is 0. The van der Waals surface area contributed by atoms with E-state index >= 15 is 0 Å². The maximum Gasteiger partial charge on any atom is 0.122 e. The van der Waals surface area contributed by atoms with Crippen LogP contribution in [0.15, 0.2) is 36.4 Å². The van der Waals surface area contributed by atoms with Crippen LogP contribution in [0.2, 0.25) is 0 Å². The Hall–Kier alpha value is -1.96. The van der Waals surface area contributed by atoms with Crippen LogP contribution in [0, 0.1) is 0 Å². The summed E-state index contributed by atoms with van der Waals surface area (Å²) in [6, 6.07) is 11.7. The highest BCUT2D eigenvalue weighted by Gasteiger charge is 2.22. The first-order valence-corrected chi connectivity index (χ1v) is 8.14. The van der Waals surface area contributed by atoms with Crippen LogP contribution in [0.1, 0.15) is 63.8 Å². The van der Waals surface area contributed by atoms with Gasteiger partial charge in [-0.25, -0.2) is 0 Å². The average molecular weight is 312 g/mol. The summed E-state index contributed by atoms with van der Waals surface area (Å²) >= 11 is 0. The second-order valence-corrected chi connectivity index (χ2v) is 8.30. The molecule has 2 N–H and O–H groups in total. The number of phenolic OH excluding ortho intramolecular Hbond substituents is 2. The average Bonchev–Trinajstić information content (AvgIpc) is 2.40. The third kappa shape index (κ3) is 3.69. The molecule has 0 saturated heterocycles. The van der Waals surface area contributed by atoms with E-state index in [9.17, 15) is 10.2 Å². The van der Waals surface area contributed by atoms with E-state index in [1.54, 1.807) is 0 Å². The largest absolute Gasteiger partial charge is 0.507 e. The van der Waals surface area contributed by atoms with Gasteiger partial charge in [0, 0.05) is 6.42 Å². The normalized spacial score (nSPS) is 12.4. The van der Waals surface area contributed by atoms with Crippen LogP contribution in [-0.2, 0) is 17.3 Å². The van der Waals surface area contributed by atoms with Crippen molar-refractivity contribution in [2.45, 2.75) is 58.8 Å². The molecule has 124 valence electrons. The van der Waals surface area contributed by atoms with Gasteiger partial charge < -0.3 is 10.2 Å². The van der Waals surface area contributed by atoms with E-state index in [0.717, 1.165) is 22.3 Å². The van der Waals surface area contributed by atoms with E-state index in [-0.39, 0.29) is 10.8 Å². The van der Waals surface area contributed by atoms with E-state index in [4.69, 9.17) is 0 Å². The maximum absolute atomic E-state index is 10.6. The van der Waals surface area contributed by atoms with Crippen LogP contribution >= 0.6 is 0 Å². The number of aromatic hydroxyl groups is 2. The fourth-order valence-corrected chi connectivity index (χ4v) is 2.88. The molecule has 0 aromatic heterocycles. The Kier molecular flexibility index (Phi) is 4.48. The number of benzene rings is 2. The lowest BCUT2D eigenvalue weighted by Crippen LogP contribution is -2.13. The SMILES string of the molecule is CC(C)(C)c1cccc(Cc2cccc(C(C)(C)C)c2O)c1O. The Labute approximate surface area is 139 Å². The third-order valence-electron chi connectivity index (χ3n) is 4.24. The second-order valence-electron chi connectivity index (χ2n) is 8.30. The molecule has 0 atom stereocenters. The molecule has 0 spiro atoms. The quantitative estimate of drug-likeness (QED) is 0.791. The fourth-order valence-electron chi connectivity index (χ4n) is 2.88. The van der Waals surface area contributed by atoms with Gasteiger partial charge in [0.25, 0.3) is 0 Å². The summed E-state index contributed by atoms with van der Waals surface area (Å²) in [7, 11) is 0. The van der Waals surface area contributed by atoms with Gasteiger partial charge in [0.05, 0.1) is 0 Å². The van der Waals surface area contributed by atoms with Crippen molar-refractivity contribution in [2.75, 3.05) is 0 Å². The maximum atomic E-state index is 10.6. The van der Waals surface area contributed by atoms with Crippen LogP contribution in [0.4, 0.5) is 0 Å². The molecule has 0 heterocycles. The van der Waals surface area contributed by atoms with Gasteiger partial charge in [0.1, 0.15) is 11.5 Å². The molecule has 2 aromatic rings. The topological polar surface area (TPSA) is 40.5 Å². The van der Waals surface area contributed by atoms with Gasteiger partial charge in [-0.3, -0.25) is 0 Å². The van der Waals surface area contributed by atoms with E-state index in [2.05, 4.69) is 41.5 Å². The molecule has 0 aliphatic heterocycles. The fraction of sp³-hybridized carbons (Fsp3) is 0.429. The molecule has 0 unspecified atom stereocenters. The van der Waals surface area contributed by atoms with E-state index in [1.807, 2.05) is 36.4 Å². The molecule has 23 heavy (non-hydrogen) atoms. The Bertz CT molecular complexity index is 639. The number of rotatable bonds is 2. The first-order chi connectivity index (χ1) is 10.5. The molecule has 0 radical (unpaired) electrons. The van der Waals surface area contributed by atoms with Crippen LogP contribution in [0.3, 0.4) is 0 Å². The van der Waals surface area contributed by atoms with Crippen LogP contribution in [0.5, 0.6) is 11.5 Å². The van der Waals surface area contributed by atoms with Gasteiger partial charge in [0.2, 0.25) is 0 Å². The van der Waals surface area contributed by atoms with Crippen LogP contribution in [-0.4, -0.2) is 10.2 Å². The van der Waals surface area contributed by atoms with Crippen molar-refractivity contribution in [1.82, 2.24) is 0 Å². The molecular weight excluding hydrogens is 284 g/mol. The highest BCUT2D eigenvalue weighted by Crippen LogP contribution is 2.37. The molecule has 2 nitrogen and oxygen atoms in total. The zero-order chi connectivity index (χ0) is 17.4. The molecule has 0 aliphatic carbocycles. The number of hydrogen-bond donors (Lipinski definition) is 2. The predicted molar refractivity (Wildman–Crippen MR) is 96.4 cm³/mol. The summed E-state index contributed by atoms with van der Waals surface area (Å²) in [5, 5.41) is 21.2. The summed E-state index contributed by atoms with van der Waals surface area (Å²) in [5.74, 6) is 0.668. The first-order valence-electron chi connectivity index (χ1n) is 8.14. The van der Waals surface area contributed by atoms with E-state index in [0.29, 0.717) is 17.9 Å². The van der Waals surface area contributed by atoms with Gasteiger partial charge in [-0.1, -0.05) is 77.9 Å². The lowest BCUT2D eigenvalue weighted by atomic mass is 9.83. The summed E-state index contributed by atoms with van der Waals surface area (Å²) in [5.41, 5.74) is 3.32. The summed E-state index contributed by atoms with van der Waals surface area (Å²) in [6.07, 6.45) is 0.519. The summed E-state index contributed by atoms with van der Waals surface area (Å²) in [6.45, 7) is 12.5. The van der Waals surface area contributed by atoms with Gasteiger partial charge >= 0.3 is 0 Å². The minimum atomic E-state index is -0.116. The van der Waals surface area contributed by atoms with E-state index in [1.165, 1.54) is 0 Å².